The zero-order chi connectivity index (χ0) is 26.2. The molecule has 3 atom stereocenters. The molecule has 4 rings (SSSR count). The third-order valence-electron chi connectivity index (χ3n) is 5.64. The Balaban J connectivity index is 1.58. The lowest BCUT2D eigenvalue weighted by molar-refractivity contribution is -0.193. The van der Waals surface area contributed by atoms with Crippen molar-refractivity contribution < 1.29 is 39.2 Å². The van der Waals surface area contributed by atoms with E-state index in [2.05, 4.69) is 20.8 Å². The van der Waals surface area contributed by atoms with Gasteiger partial charge in [0.2, 0.25) is 11.1 Å². The van der Waals surface area contributed by atoms with Crippen LogP contribution in [0.5, 0.6) is 5.75 Å². The van der Waals surface area contributed by atoms with Crippen LogP contribution in [-0.4, -0.2) is 93.9 Å². The number of aromatic nitrogens is 4. The number of amides is 2. The van der Waals surface area contributed by atoms with Gasteiger partial charge in [0.15, 0.2) is 5.92 Å². The number of β-lactam (4-membered cyclic amide) rings is 1. The van der Waals surface area contributed by atoms with Crippen molar-refractivity contribution >= 4 is 47.3 Å². The summed E-state index contributed by atoms with van der Waals surface area (Å²) in [5, 5.41) is 42.0. The average molecular weight is 537 g/mol. The van der Waals surface area contributed by atoms with Gasteiger partial charge in [-0.05, 0) is 33.7 Å². The number of carbonyl (C=O) groups excluding carboxylic acids is 2. The minimum absolute atomic E-state index is 0.0766. The molecule has 36 heavy (non-hydrogen) atoms. The predicted octanol–water partition coefficient (Wildman–Crippen LogP) is -0.411. The van der Waals surface area contributed by atoms with Crippen LogP contribution in [0.2, 0.25) is 0 Å². The van der Waals surface area contributed by atoms with E-state index in [1.807, 2.05) is 0 Å². The quantitative estimate of drug-likeness (QED) is 0.140. The van der Waals surface area contributed by atoms with Gasteiger partial charge in [0, 0.05) is 25.7 Å². The van der Waals surface area contributed by atoms with E-state index in [0.717, 1.165) is 4.90 Å². The Kier molecular flexibility index (Phi) is 6.92. The Morgan fingerprint density at radius 2 is 2.00 bits per heavy atom. The molecule has 1 aromatic heterocycles. The van der Waals surface area contributed by atoms with Crippen LogP contribution in [-0.2, 0) is 31.0 Å². The summed E-state index contributed by atoms with van der Waals surface area (Å²) in [5.41, 5.74) is -1.66. The van der Waals surface area contributed by atoms with E-state index in [1.54, 1.807) is 7.05 Å². The Morgan fingerprint density at radius 1 is 1.31 bits per heavy atom. The number of tetrazole rings is 1. The minimum Gasteiger partial charge on any atom is -0.508 e. The number of aromatic hydroxyl groups is 1. The second-order valence-electron chi connectivity index (χ2n) is 7.76. The molecule has 0 bridgehead atoms. The fraction of sp³-hybridized carbons (Fsp3) is 0.350. The zero-order valence-electron chi connectivity index (χ0n) is 18.8. The number of ether oxygens (including phenoxy) is 1. The van der Waals surface area contributed by atoms with Crippen molar-refractivity contribution in [3.63, 3.8) is 0 Å². The molecule has 1 saturated heterocycles. The molecule has 0 saturated carbocycles. The Bertz CT molecular complexity index is 1270. The summed E-state index contributed by atoms with van der Waals surface area (Å²) in [6, 6.07) is 5.02. The summed E-state index contributed by atoms with van der Waals surface area (Å²) in [4.78, 5) is 51.3. The molecule has 190 valence electrons. The van der Waals surface area contributed by atoms with E-state index >= 15 is 0 Å². The molecule has 1 unspecified atom stereocenters. The SMILES string of the molecule is CO[C@@]1(NC(=O)C(C(=O)O)c2ccc(O)cc2)C(=O)N2C(C(=O)O)=C(CSc3nnnn3C)CS[C@H]21. The molecule has 2 aliphatic heterocycles. The van der Waals surface area contributed by atoms with Crippen molar-refractivity contribution in [2.24, 2.45) is 7.05 Å². The first-order chi connectivity index (χ1) is 17.1. The Hall–Kier alpha value is -3.63. The summed E-state index contributed by atoms with van der Waals surface area (Å²) in [5.74, 6) is -6.08. The van der Waals surface area contributed by atoms with Crippen LogP contribution in [0.15, 0.2) is 40.7 Å². The molecule has 14 nitrogen and oxygen atoms in total. The lowest BCUT2D eigenvalue weighted by atomic mass is 9.94. The zero-order valence-corrected chi connectivity index (χ0v) is 20.4. The maximum atomic E-state index is 13.3. The number of methoxy groups -OCH3 is 1. The molecular weight excluding hydrogens is 516 g/mol. The summed E-state index contributed by atoms with van der Waals surface area (Å²) in [6.45, 7) is 0. The highest BCUT2D eigenvalue weighted by Gasteiger charge is 2.67. The number of phenols is 1. The van der Waals surface area contributed by atoms with Gasteiger partial charge in [-0.25, -0.2) is 9.48 Å². The van der Waals surface area contributed by atoms with Crippen molar-refractivity contribution in [2.75, 3.05) is 18.6 Å². The van der Waals surface area contributed by atoms with Gasteiger partial charge in [0.1, 0.15) is 16.8 Å². The largest absolute Gasteiger partial charge is 0.508 e. The van der Waals surface area contributed by atoms with E-state index in [-0.39, 0.29) is 28.5 Å². The topological polar surface area (TPSA) is 197 Å². The number of carboxylic acids is 2. The lowest BCUT2D eigenvalue weighted by Crippen LogP contribution is -2.81. The molecule has 0 spiro atoms. The predicted molar refractivity (Wildman–Crippen MR) is 124 cm³/mol. The van der Waals surface area contributed by atoms with E-state index in [1.165, 1.54) is 59.6 Å². The molecule has 0 aliphatic carbocycles. The van der Waals surface area contributed by atoms with Crippen LogP contribution in [0.3, 0.4) is 0 Å². The average Bonchev–Trinajstić information content (AvgIpc) is 3.25. The number of nitrogens with zero attached hydrogens (tertiary/aromatic N) is 5. The molecule has 2 aromatic rings. The van der Waals surface area contributed by atoms with E-state index in [4.69, 9.17) is 4.74 Å². The molecule has 4 N–H and O–H groups in total. The molecule has 3 heterocycles. The Morgan fingerprint density at radius 3 is 2.56 bits per heavy atom. The first-order valence-corrected chi connectivity index (χ1v) is 12.3. The number of rotatable bonds is 9. The van der Waals surface area contributed by atoms with Gasteiger partial charge in [-0.2, -0.15) is 0 Å². The number of thioether (sulfide) groups is 2. The van der Waals surface area contributed by atoms with Crippen LogP contribution in [0.4, 0.5) is 0 Å². The summed E-state index contributed by atoms with van der Waals surface area (Å²) in [7, 11) is 2.81. The molecule has 2 aliphatic rings. The van der Waals surface area contributed by atoms with Crippen LogP contribution < -0.4 is 5.32 Å². The monoisotopic (exact) mass is 536 g/mol. The maximum absolute atomic E-state index is 13.3. The van der Waals surface area contributed by atoms with Crippen molar-refractivity contribution in [3.8, 4) is 5.75 Å². The van der Waals surface area contributed by atoms with Crippen molar-refractivity contribution in [3.05, 3.63) is 41.1 Å². The van der Waals surface area contributed by atoms with E-state index < -0.39 is 40.8 Å². The summed E-state index contributed by atoms with van der Waals surface area (Å²) in [6.07, 6.45) is 0. The normalized spacial score (nSPS) is 22.0. The highest BCUT2D eigenvalue weighted by molar-refractivity contribution is 8.01. The van der Waals surface area contributed by atoms with Gasteiger partial charge >= 0.3 is 11.9 Å². The molecular formula is C20H20N6O8S2. The number of carbonyl (C=O) groups is 4. The fourth-order valence-corrected chi connectivity index (χ4v) is 6.31. The number of aliphatic carboxylic acids is 2. The fourth-order valence-electron chi connectivity index (χ4n) is 3.88. The van der Waals surface area contributed by atoms with Gasteiger partial charge in [-0.1, -0.05) is 23.9 Å². The summed E-state index contributed by atoms with van der Waals surface area (Å²) >= 11 is 2.37. The standard InChI is InChI=1S/C20H20N6O8S2/c1-25-19(22-23-24-25)36-8-10-7-35-18-20(34-2,17(33)26(18)13(10)16(31)32)21-14(28)12(15(29)30)9-3-5-11(27)6-4-9/h3-6,12,18,27H,7-8H2,1-2H3,(H,21,28)(H,29,30)(H,31,32)/t12?,18-,20-/m0/s1. The van der Waals surface area contributed by atoms with E-state index in [0.29, 0.717) is 10.7 Å². The van der Waals surface area contributed by atoms with E-state index in [9.17, 15) is 34.5 Å². The minimum atomic E-state index is -1.96. The number of nitrogens with one attached hydrogen (secondary N) is 1. The Labute approximate surface area is 211 Å². The van der Waals surface area contributed by atoms with Gasteiger partial charge in [0.05, 0.1) is 0 Å². The van der Waals surface area contributed by atoms with Gasteiger partial charge in [-0.3, -0.25) is 19.3 Å². The second kappa shape index (κ2) is 9.79. The smallest absolute Gasteiger partial charge is 0.352 e. The van der Waals surface area contributed by atoms with Gasteiger partial charge in [-0.15, -0.1) is 16.9 Å². The number of phenolic OH excluding ortho intramolecular Hbond substituents is 1. The second-order valence-corrected chi connectivity index (χ2v) is 9.77. The van der Waals surface area contributed by atoms with Crippen molar-refractivity contribution in [2.45, 2.75) is 22.2 Å². The number of fused-ring (bicyclic) bond motifs is 1. The molecule has 0 radical (unpaired) electrons. The first kappa shape index (κ1) is 25.5. The molecule has 16 heteroatoms. The molecule has 1 aromatic carbocycles. The number of aryl methyl sites for hydroxylation is 1. The highest BCUT2D eigenvalue weighted by Crippen LogP contribution is 2.47. The van der Waals surface area contributed by atoms with Gasteiger partial charge in [0.25, 0.3) is 11.6 Å². The number of hydrogen-bond acceptors (Lipinski definition) is 11. The molecule has 2 amide bonds. The first-order valence-electron chi connectivity index (χ1n) is 10.2. The van der Waals surface area contributed by atoms with Gasteiger partial charge < -0.3 is 25.4 Å². The number of benzene rings is 1. The lowest BCUT2D eigenvalue weighted by Gasteiger charge is -2.56. The van der Waals surface area contributed by atoms with Crippen LogP contribution in [0, 0.1) is 0 Å². The van der Waals surface area contributed by atoms with Crippen LogP contribution in [0.1, 0.15) is 11.5 Å². The maximum Gasteiger partial charge on any atom is 0.352 e. The van der Waals surface area contributed by atoms with Crippen LogP contribution in [0.25, 0.3) is 0 Å². The number of hydrogen-bond donors (Lipinski definition) is 4. The number of carboxylic acid groups (broad SMARTS) is 2. The third kappa shape index (κ3) is 4.27. The van der Waals surface area contributed by atoms with Crippen LogP contribution >= 0.6 is 23.5 Å². The summed E-state index contributed by atoms with van der Waals surface area (Å²) < 4.78 is 6.81. The van der Waals surface area contributed by atoms with Crippen molar-refractivity contribution in [1.29, 1.82) is 0 Å². The molecule has 1 fully saturated rings. The third-order valence-corrected chi connectivity index (χ3v) is 8.11. The highest BCUT2D eigenvalue weighted by atomic mass is 32.2. The van der Waals surface area contributed by atoms with Crippen molar-refractivity contribution in [1.82, 2.24) is 30.4 Å².